The molecule has 3 saturated heterocycles. The van der Waals surface area contributed by atoms with Crippen LogP contribution in [0.25, 0.3) is 0 Å². The molecule has 1 aromatic rings. The van der Waals surface area contributed by atoms with Gasteiger partial charge >= 0.3 is 0 Å². The Balaban J connectivity index is 1.35. The van der Waals surface area contributed by atoms with E-state index in [1.54, 1.807) is 12.0 Å². The summed E-state index contributed by atoms with van der Waals surface area (Å²) in [6, 6.07) is 7.47. The summed E-state index contributed by atoms with van der Waals surface area (Å²) >= 11 is 0. The normalized spacial score (nSPS) is 23.7. The Kier molecular flexibility index (Phi) is 4.40. The number of rotatable bonds is 4. The third-order valence-corrected chi connectivity index (χ3v) is 5.56. The van der Waals surface area contributed by atoms with Crippen LogP contribution in [-0.2, 0) is 14.3 Å². The van der Waals surface area contributed by atoms with Crippen LogP contribution in [0, 0.1) is 0 Å². The number of amides is 3. The number of likely N-dealkylation sites (tertiary alicyclic amines) is 2. The van der Waals surface area contributed by atoms with Crippen LogP contribution >= 0.6 is 0 Å². The molecule has 3 heterocycles. The molecule has 7 heteroatoms. The van der Waals surface area contributed by atoms with Gasteiger partial charge in [-0.25, -0.2) is 0 Å². The molecule has 1 aromatic carbocycles. The zero-order chi connectivity index (χ0) is 18.3. The molecule has 0 bridgehead atoms. The fraction of sp³-hybridized carbons (Fsp3) is 0.526. The van der Waals surface area contributed by atoms with Gasteiger partial charge in [-0.3, -0.25) is 19.3 Å². The molecule has 3 aliphatic heterocycles. The summed E-state index contributed by atoms with van der Waals surface area (Å²) in [5.41, 5.74) is 1.73. The first-order valence-electron chi connectivity index (χ1n) is 9.09. The van der Waals surface area contributed by atoms with Crippen molar-refractivity contribution in [3.8, 4) is 0 Å². The number of imide groups is 1. The molecule has 3 amide bonds. The first-order chi connectivity index (χ1) is 12.6. The summed E-state index contributed by atoms with van der Waals surface area (Å²) in [6.07, 6.45) is 1.88. The molecule has 4 rings (SSSR count). The van der Waals surface area contributed by atoms with Crippen LogP contribution in [0.3, 0.4) is 0 Å². The fourth-order valence-corrected chi connectivity index (χ4v) is 3.94. The Morgan fingerprint density at radius 1 is 1.04 bits per heavy atom. The van der Waals surface area contributed by atoms with Crippen LogP contribution in [0.2, 0.25) is 0 Å². The molecule has 26 heavy (non-hydrogen) atoms. The Morgan fingerprint density at radius 2 is 1.69 bits per heavy atom. The Hall–Kier alpha value is -2.41. The van der Waals surface area contributed by atoms with Gasteiger partial charge in [-0.1, -0.05) is 0 Å². The Bertz CT molecular complexity index is 711. The second-order valence-electron chi connectivity index (χ2n) is 7.16. The number of hydrogen-bond donors (Lipinski definition) is 0. The molecule has 7 nitrogen and oxygen atoms in total. The smallest absolute Gasteiger partial charge is 0.253 e. The van der Waals surface area contributed by atoms with Gasteiger partial charge in [0.1, 0.15) is 0 Å². The molecule has 3 fully saturated rings. The largest absolute Gasteiger partial charge is 0.380 e. The van der Waals surface area contributed by atoms with E-state index in [0.29, 0.717) is 31.5 Å². The maximum absolute atomic E-state index is 12.6. The maximum Gasteiger partial charge on any atom is 0.253 e. The van der Waals surface area contributed by atoms with Crippen LogP contribution in [0.5, 0.6) is 0 Å². The van der Waals surface area contributed by atoms with E-state index in [1.165, 1.54) is 4.90 Å². The molecule has 1 atom stereocenters. The predicted octanol–water partition coefficient (Wildman–Crippen LogP) is 0.885. The lowest BCUT2D eigenvalue weighted by Crippen LogP contribution is -2.62. The predicted molar refractivity (Wildman–Crippen MR) is 94.8 cm³/mol. The minimum Gasteiger partial charge on any atom is -0.380 e. The molecule has 0 saturated carbocycles. The highest BCUT2D eigenvalue weighted by Gasteiger charge is 2.42. The quantitative estimate of drug-likeness (QED) is 0.749. The number of hydrogen-bond acceptors (Lipinski definition) is 5. The summed E-state index contributed by atoms with van der Waals surface area (Å²) in [7, 11) is 1.74. The molecule has 3 aliphatic rings. The number of anilines is 1. The van der Waals surface area contributed by atoms with Crippen molar-refractivity contribution in [2.45, 2.75) is 31.4 Å². The third-order valence-electron chi connectivity index (χ3n) is 5.56. The SMILES string of the molecule is COC1CCN(c2ccc(C(=O)N3CC(N4C(=O)CCC4=O)C3)cc2)C1. The highest BCUT2D eigenvalue weighted by Crippen LogP contribution is 2.25. The van der Waals surface area contributed by atoms with Crippen LogP contribution < -0.4 is 4.90 Å². The zero-order valence-electron chi connectivity index (χ0n) is 14.9. The molecule has 0 aromatic heterocycles. The Labute approximate surface area is 152 Å². The number of ether oxygens (including phenoxy) is 1. The topological polar surface area (TPSA) is 70.2 Å². The molecule has 0 spiro atoms. The van der Waals surface area contributed by atoms with Crippen molar-refractivity contribution in [3.63, 3.8) is 0 Å². The molecule has 0 N–H and O–H groups in total. The summed E-state index contributed by atoms with van der Waals surface area (Å²) in [5, 5.41) is 0. The van der Waals surface area contributed by atoms with Crippen LogP contribution in [0.15, 0.2) is 24.3 Å². The van der Waals surface area contributed by atoms with Crippen molar-refractivity contribution in [1.29, 1.82) is 0 Å². The van der Waals surface area contributed by atoms with Crippen molar-refractivity contribution < 1.29 is 19.1 Å². The number of benzene rings is 1. The van der Waals surface area contributed by atoms with Crippen molar-refractivity contribution in [3.05, 3.63) is 29.8 Å². The molecule has 0 radical (unpaired) electrons. The van der Waals surface area contributed by atoms with Crippen molar-refractivity contribution in [2.75, 3.05) is 38.2 Å². The van der Waals surface area contributed by atoms with Gasteiger partial charge in [-0.15, -0.1) is 0 Å². The molecular formula is C19H23N3O4. The van der Waals surface area contributed by atoms with E-state index in [4.69, 9.17) is 4.74 Å². The lowest BCUT2D eigenvalue weighted by molar-refractivity contribution is -0.144. The van der Waals surface area contributed by atoms with Crippen molar-refractivity contribution in [2.24, 2.45) is 0 Å². The van der Waals surface area contributed by atoms with Gasteiger partial charge in [0.05, 0.1) is 12.1 Å². The third kappa shape index (κ3) is 2.96. The summed E-state index contributed by atoms with van der Waals surface area (Å²) in [4.78, 5) is 41.4. The highest BCUT2D eigenvalue weighted by molar-refractivity contribution is 6.03. The monoisotopic (exact) mass is 357 g/mol. The highest BCUT2D eigenvalue weighted by atomic mass is 16.5. The second-order valence-corrected chi connectivity index (χ2v) is 7.16. The lowest BCUT2D eigenvalue weighted by atomic mass is 10.0. The second kappa shape index (κ2) is 6.72. The number of methoxy groups -OCH3 is 1. The lowest BCUT2D eigenvalue weighted by Gasteiger charge is -2.43. The van der Waals surface area contributed by atoms with Gasteiger partial charge in [0.15, 0.2) is 0 Å². The molecule has 138 valence electrons. The zero-order valence-corrected chi connectivity index (χ0v) is 14.9. The van der Waals surface area contributed by atoms with Gasteiger partial charge in [0, 0.05) is 57.4 Å². The average Bonchev–Trinajstić information content (AvgIpc) is 3.22. The van der Waals surface area contributed by atoms with E-state index >= 15 is 0 Å². The van der Waals surface area contributed by atoms with E-state index in [2.05, 4.69) is 4.90 Å². The van der Waals surface area contributed by atoms with Crippen LogP contribution in [-0.4, -0.2) is 73.0 Å². The number of nitrogens with zero attached hydrogens (tertiary/aromatic N) is 3. The van der Waals surface area contributed by atoms with E-state index < -0.39 is 0 Å². The molecule has 0 aliphatic carbocycles. The Morgan fingerprint density at radius 3 is 2.27 bits per heavy atom. The van der Waals surface area contributed by atoms with Crippen molar-refractivity contribution in [1.82, 2.24) is 9.80 Å². The summed E-state index contributed by atoms with van der Waals surface area (Å²) in [5.74, 6) is -0.282. The van der Waals surface area contributed by atoms with Gasteiger partial charge in [-0.05, 0) is 30.7 Å². The number of carbonyl (C=O) groups is 3. The fourth-order valence-electron chi connectivity index (χ4n) is 3.94. The van der Waals surface area contributed by atoms with E-state index in [1.807, 2.05) is 24.3 Å². The van der Waals surface area contributed by atoms with Gasteiger partial charge in [-0.2, -0.15) is 0 Å². The van der Waals surface area contributed by atoms with Crippen molar-refractivity contribution >= 4 is 23.4 Å². The van der Waals surface area contributed by atoms with E-state index in [0.717, 1.165) is 25.2 Å². The summed E-state index contributed by atoms with van der Waals surface area (Å²) < 4.78 is 5.39. The molecule has 1 unspecified atom stereocenters. The van der Waals surface area contributed by atoms with E-state index in [-0.39, 0.29) is 29.9 Å². The van der Waals surface area contributed by atoms with E-state index in [9.17, 15) is 14.4 Å². The maximum atomic E-state index is 12.6. The standard InChI is InChI=1S/C19H23N3O4/c1-26-16-8-9-20(12-16)14-4-2-13(3-5-14)19(25)21-10-15(11-21)22-17(23)6-7-18(22)24/h2-5,15-16H,6-12H2,1H3. The van der Waals surface area contributed by atoms with Gasteiger partial charge in [0.25, 0.3) is 5.91 Å². The molecular weight excluding hydrogens is 334 g/mol. The minimum absolute atomic E-state index is 0.0527. The van der Waals surface area contributed by atoms with Gasteiger partial charge < -0.3 is 14.5 Å². The first-order valence-corrected chi connectivity index (χ1v) is 9.09. The minimum atomic E-state index is -0.156. The first kappa shape index (κ1) is 17.0. The van der Waals surface area contributed by atoms with Gasteiger partial charge in [0.2, 0.25) is 11.8 Å². The van der Waals surface area contributed by atoms with Crippen LogP contribution in [0.1, 0.15) is 29.6 Å². The average molecular weight is 357 g/mol. The number of carbonyl (C=O) groups excluding carboxylic acids is 3. The van der Waals surface area contributed by atoms with Crippen LogP contribution in [0.4, 0.5) is 5.69 Å². The summed E-state index contributed by atoms with van der Waals surface area (Å²) in [6.45, 7) is 2.69.